The molecule has 2 atom stereocenters. The van der Waals surface area contributed by atoms with Gasteiger partial charge in [0.15, 0.2) is 9.84 Å². The molecule has 6 heteroatoms. The summed E-state index contributed by atoms with van der Waals surface area (Å²) in [7, 11) is -3.20. The molecular weight excluding hydrogens is 318 g/mol. The monoisotopic (exact) mass is 337 g/mol. The number of sulfone groups is 1. The van der Waals surface area contributed by atoms with E-state index >= 15 is 0 Å². The maximum absolute atomic E-state index is 12.4. The highest BCUT2D eigenvalue weighted by molar-refractivity contribution is 9.09. The minimum Gasteiger partial charge on any atom is -0.339 e. The molecule has 0 aromatic carbocycles. The third-order valence-corrected chi connectivity index (χ3v) is 6.58. The first-order chi connectivity index (χ1) is 8.56. The summed E-state index contributed by atoms with van der Waals surface area (Å²) < 4.78 is 24.0. The average molecular weight is 338 g/mol. The topological polar surface area (TPSA) is 54.5 Å². The molecule has 2 aliphatic heterocycles. The van der Waals surface area contributed by atoms with Crippen molar-refractivity contribution in [1.29, 1.82) is 0 Å². The Morgan fingerprint density at radius 2 is 2.00 bits per heavy atom. The molecule has 0 bridgehead atoms. The highest BCUT2D eigenvalue weighted by Crippen LogP contribution is 2.27. The van der Waals surface area contributed by atoms with Crippen LogP contribution in [-0.2, 0) is 14.6 Å². The lowest BCUT2D eigenvalue weighted by Crippen LogP contribution is -2.47. The van der Waals surface area contributed by atoms with E-state index in [0.717, 1.165) is 37.6 Å². The fraction of sp³-hybridized carbons (Fsp3) is 0.917. The van der Waals surface area contributed by atoms with Gasteiger partial charge in [-0.25, -0.2) is 8.42 Å². The average Bonchev–Trinajstić information content (AvgIpc) is 2.76. The lowest BCUT2D eigenvalue weighted by Gasteiger charge is -2.30. The van der Waals surface area contributed by atoms with E-state index in [2.05, 4.69) is 15.9 Å². The summed E-state index contributed by atoms with van der Waals surface area (Å²) in [4.78, 5) is 14.2. The van der Waals surface area contributed by atoms with Crippen molar-refractivity contribution in [3.8, 4) is 0 Å². The van der Waals surface area contributed by atoms with Gasteiger partial charge in [-0.3, -0.25) is 4.79 Å². The molecule has 2 aliphatic rings. The van der Waals surface area contributed by atoms with Crippen molar-refractivity contribution in [3.63, 3.8) is 0 Å². The maximum Gasteiger partial charge on any atom is 0.241 e. The number of amides is 1. The van der Waals surface area contributed by atoms with Gasteiger partial charge >= 0.3 is 0 Å². The van der Waals surface area contributed by atoms with Crippen LogP contribution in [0.1, 0.15) is 38.5 Å². The number of carbonyl (C=O) groups excluding carboxylic acids is 1. The molecule has 2 fully saturated rings. The predicted octanol–water partition coefficient (Wildman–Crippen LogP) is 1.73. The summed E-state index contributed by atoms with van der Waals surface area (Å²) in [5.41, 5.74) is 0. The van der Waals surface area contributed by atoms with Crippen molar-refractivity contribution in [1.82, 2.24) is 4.90 Å². The Balaban J connectivity index is 2.10. The SMILES string of the molecule is O=C(C1CCCCS1(=O)=O)N1CCCC1CCBr. The lowest BCUT2D eigenvalue weighted by molar-refractivity contribution is -0.131. The number of halogens is 1. The third-order valence-electron chi connectivity index (χ3n) is 3.96. The molecule has 2 heterocycles. The fourth-order valence-corrected chi connectivity index (χ4v) is 5.36. The molecule has 0 N–H and O–H groups in total. The van der Waals surface area contributed by atoms with Gasteiger partial charge in [0.05, 0.1) is 5.75 Å². The molecule has 104 valence electrons. The van der Waals surface area contributed by atoms with Crippen LogP contribution in [0.3, 0.4) is 0 Å². The van der Waals surface area contributed by atoms with Crippen molar-refractivity contribution in [2.45, 2.75) is 49.8 Å². The Labute approximate surface area is 117 Å². The molecule has 1 amide bonds. The van der Waals surface area contributed by atoms with E-state index in [1.807, 2.05) is 4.90 Å². The second-order valence-electron chi connectivity index (χ2n) is 5.16. The van der Waals surface area contributed by atoms with Gasteiger partial charge in [-0.2, -0.15) is 0 Å². The molecular formula is C12H20BrNO3S. The summed E-state index contributed by atoms with van der Waals surface area (Å²) in [6.07, 6.45) is 4.99. The van der Waals surface area contributed by atoms with Gasteiger partial charge in [-0.15, -0.1) is 0 Å². The zero-order chi connectivity index (χ0) is 13.2. The number of rotatable bonds is 3. The second-order valence-corrected chi connectivity index (χ2v) is 8.25. The van der Waals surface area contributed by atoms with E-state index in [0.29, 0.717) is 12.8 Å². The van der Waals surface area contributed by atoms with Gasteiger partial charge in [0, 0.05) is 17.9 Å². The second kappa shape index (κ2) is 5.90. The molecule has 18 heavy (non-hydrogen) atoms. The Hall–Kier alpha value is -0.100. The molecule has 2 rings (SSSR count). The number of alkyl halides is 1. The number of hydrogen-bond acceptors (Lipinski definition) is 3. The van der Waals surface area contributed by atoms with Crippen LogP contribution >= 0.6 is 15.9 Å². The summed E-state index contributed by atoms with van der Waals surface area (Å²) in [6.45, 7) is 0.725. The molecule has 4 nitrogen and oxygen atoms in total. The highest BCUT2D eigenvalue weighted by atomic mass is 79.9. The highest BCUT2D eigenvalue weighted by Gasteiger charge is 2.40. The number of carbonyl (C=O) groups is 1. The Morgan fingerprint density at radius 1 is 1.22 bits per heavy atom. The summed E-state index contributed by atoms with van der Waals surface area (Å²) in [6, 6.07) is 0.231. The first-order valence-electron chi connectivity index (χ1n) is 6.64. The van der Waals surface area contributed by atoms with E-state index in [-0.39, 0.29) is 17.7 Å². The van der Waals surface area contributed by atoms with E-state index in [1.165, 1.54) is 0 Å². The summed E-state index contributed by atoms with van der Waals surface area (Å²) in [5.74, 6) is 0.0403. The molecule has 0 spiro atoms. The lowest BCUT2D eigenvalue weighted by atomic mass is 10.1. The van der Waals surface area contributed by atoms with Gasteiger partial charge in [0.2, 0.25) is 5.91 Å². The van der Waals surface area contributed by atoms with Crippen LogP contribution in [0.2, 0.25) is 0 Å². The van der Waals surface area contributed by atoms with Crippen molar-refractivity contribution < 1.29 is 13.2 Å². The smallest absolute Gasteiger partial charge is 0.241 e. The van der Waals surface area contributed by atoms with E-state index in [4.69, 9.17) is 0 Å². The zero-order valence-electron chi connectivity index (χ0n) is 10.5. The van der Waals surface area contributed by atoms with Crippen molar-refractivity contribution in [3.05, 3.63) is 0 Å². The van der Waals surface area contributed by atoms with Crippen LogP contribution in [0.4, 0.5) is 0 Å². The first kappa shape index (κ1) is 14.3. The molecule has 2 saturated heterocycles. The summed E-state index contributed by atoms with van der Waals surface area (Å²) >= 11 is 3.40. The van der Waals surface area contributed by atoms with Crippen molar-refractivity contribution in [2.24, 2.45) is 0 Å². The van der Waals surface area contributed by atoms with Crippen LogP contribution in [-0.4, -0.2) is 48.1 Å². The maximum atomic E-state index is 12.4. The van der Waals surface area contributed by atoms with Crippen molar-refractivity contribution >= 4 is 31.7 Å². The Bertz CT molecular complexity index is 410. The Morgan fingerprint density at radius 3 is 2.67 bits per heavy atom. The quantitative estimate of drug-likeness (QED) is 0.737. The van der Waals surface area contributed by atoms with E-state index in [9.17, 15) is 13.2 Å². The van der Waals surface area contributed by atoms with Crippen LogP contribution in [0.5, 0.6) is 0 Å². The molecule has 0 aromatic heterocycles. The molecule has 2 unspecified atom stereocenters. The van der Waals surface area contributed by atoms with Gasteiger partial charge < -0.3 is 4.90 Å². The van der Waals surface area contributed by atoms with Crippen LogP contribution in [0.15, 0.2) is 0 Å². The third kappa shape index (κ3) is 2.90. The van der Waals surface area contributed by atoms with Gasteiger partial charge in [-0.05, 0) is 32.1 Å². The molecule has 0 aliphatic carbocycles. The first-order valence-corrected chi connectivity index (χ1v) is 9.48. The normalized spacial score (nSPS) is 31.5. The standard InChI is InChI=1S/C12H20BrNO3S/c13-7-6-10-4-3-8-14(10)12(15)11-5-1-2-9-18(11,16)17/h10-11H,1-9H2. The molecule has 0 radical (unpaired) electrons. The summed E-state index contributed by atoms with van der Waals surface area (Å²) in [5, 5.41) is 0.0981. The fourth-order valence-electron chi connectivity index (χ4n) is 2.97. The van der Waals surface area contributed by atoms with Gasteiger partial charge in [-0.1, -0.05) is 22.4 Å². The van der Waals surface area contributed by atoms with Gasteiger partial charge in [0.1, 0.15) is 5.25 Å². The van der Waals surface area contributed by atoms with Gasteiger partial charge in [0.25, 0.3) is 0 Å². The Kier molecular flexibility index (Phi) is 4.69. The van der Waals surface area contributed by atoms with E-state index in [1.54, 1.807) is 0 Å². The van der Waals surface area contributed by atoms with Crippen LogP contribution < -0.4 is 0 Å². The van der Waals surface area contributed by atoms with Crippen LogP contribution in [0, 0.1) is 0 Å². The van der Waals surface area contributed by atoms with Crippen LogP contribution in [0.25, 0.3) is 0 Å². The molecule has 0 aromatic rings. The van der Waals surface area contributed by atoms with Crippen molar-refractivity contribution in [2.75, 3.05) is 17.6 Å². The minimum atomic E-state index is -3.20. The number of nitrogens with zero attached hydrogens (tertiary/aromatic N) is 1. The largest absolute Gasteiger partial charge is 0.339 e. The predicted molar refractivity (Wildman–Crippen MR) is 74.6 cm³/mol. The number of hydrogen-bond donors (Lipinski definition) is 0. The molecule has 0 saturated carbocycles. The minimum absolute atomic E-state index is 0.141. The van der Waals surface area contributed by atoms with E-state index < -0.39 is 15.1 Å². The number of likely N-dealkylation sites (tertiary alicyclic amines) is 1. The zero-order valence-corrected chi connectivity index (χ0v) is 12.9.